The van der Waals surface area contributed by atoms with Crippen molar-refractivity contribution in [3.63, 3.8) is 0 Å². The van der Waals surface area contributed by atoms with Crippen LogP contribution in [-0.2, 0) is 0 Å². The smallest absolute Gasteiger partial charge is 0.145 e. The first-order valence-corrected chi connectivity index (χ1v) is 15.7. The second kappa shape index (κ2) is 9.65. The van der Waals surface area contributed by atoms with Gasteiger partial charge in [0.25, 0.3) is 0 Å². The molecule has 3 heterocycles. The van der Waals surface area contributed by atoms with Crippen molar-refractivity contribution < 1.29 is 0 Å². The summed E-state index contributed by atoms with van der Waals surface area (Å²) in [6.07, 6.45) is 2.05. The Kier molecular flexibility index (Phi) is 5.28. The molecule has 0 saturated carbocycles. The van der Waals surface area contributed by atoms with Crippen molar-refractivity contribution in [2.24, 2.45) is 0 Å². The molecule has 0 aliphatic heterocycles. The molecule has 0 radical (unpaired) electrons. The van der Waals surface area contributed by atoms with Gasteiger partial charge in [0.05, 0.1) is 22.1 Å². The number of fused-ring (bicyclic) bond motifs is 9. The van der Waals surface area contributed by atoms with Crippen molar-refractivity contribution in [1.29, 1.82) is 0 Å². The highest BCUT2D eigenvalue weighted by molar-refractivity contribution is 6.23. The first-order chi connectivity index (χ1) is 22.8. The zero-order chi connectivity index (χ0) is 30.2. The number of hydrogen-bond donors (Lipinski definition) is 0. The van der Waals surface area contributed by atoms with E-state index in [-0.39, 0.29) is 0 Å². The minimum Gasteiger partial charge on any atom is -0.309 e. The number of benzene rings is 7. The van der Waals surface area contributed by atoms with Crippen molar-refractivity contribution in [2.45, 2.75) is 0 Å². The van der Waals surface area contributed by atoms with Crippen molar-refractivity contribution in [3.8, 4) is 22.6 Å². The number of rotatable bonds is 3. The molecule has 3 heteroatoms. The van der Waals surface area contributed by atoms with E-state index < -0.39 is 0 Å². The molecular formula is C43H27N3. The summed E-state index contributed by atoms with van der Waals surface area (Å²) < 4.78 is 4.79. The highest BCUT2D eigenvalue weighted by atomic mass is 15.1. The third-order valence-electron chi connectivity index (χ3n) is 9.53. The molecule has 0 aliphatic carbocycles. The normalized spacial score (nSPS) is 11.9. The van der Waals surface area contributed by atoms with E-state index >= 15 is 0 Å². The maximum Gasteiger partial charge on any atom is 0.145 e. The summed E-state index contributed by atoms with van der Waals surface area (Å²) in [4.78, 5) is 5.25. The summed E-state index contributed by atoms with van der Waals surface area (Å²) in [5.74, 6) is 0.945. The maximum absolute atomic E-state index is 5.25. The van der Waals surface area contributed by atoms with E-state index in [9.17, 15) is 0 Å². The van der Waals surface area contributed by atoms with Gasteiger partial charge >= 0.3 is 0 Å². The minimum absolute atomic E-state index is 0.945. The summed E-state index contributed by atoms with van der Waals surface area (Å²) in [7, 11) is 0. The minimum atomic E-state index is 0.945. The Morgan fingerprint density at radius 3 is 1.76 bits per heavy atom. The van der Waals surface area contributed by atoms with Crippen LogP contribution in [0.25, 0.3) is 87.8 Å². The summed E-state index contributed by atoms with van der Waals surface area (Å²) in [5, 5.41) is 9.69. The van der Waals surface area contributed by atoms with Gasteiger partial charge in [-0.25, -0.2) is 4.98 Å². The van der Waals surface area contributed by atoms with Crippen LogP contribution in [-0.4, -0.2) is 14.1 Å². The largest absolute Gasteiger partial charge is 0.309 e. The van der Waals surface area contributed by atoms with E-state index in [0.717, 1.165) is 28.0 Å². The number of hydrogen-bond acceptors (Lipinski definition) is 1. The maximum atomic E-state index is 5.25. The number of pyridine rings is 1. The lowest BCUT2D eigenvalue weighted by Gasteiger charge is -2.15. The molecule has 0 aliphatic rings. The number of aromatic nitrogens is 3. The SMILES string of the molecule is c1ccc(-c2cnc(-n3c4ccccc4c4ccc5cc6c(cc5c43)c3ccccc3n6-c3ccccc3)c3ccccc23)cc1. The molecule has 10 rings (SSSR count). The first-order valence-electron chi connectivity index (χ1n) is 15.7. The molecule has 10 aromatic rings. The average molecular weight is 586 g/mol. The standard InChI is InChI=1S/C43H27N3/c1-3-13-28(14-4-1)38-27-44-43(35-20-8-7-17-31(35)38)46-40-22-12-9-18-32(40)34-24-23-29-25-41-37(26-36(29)42(34)46)33-19-10-11-21-39(33)45(41)30-15-5-2-6-16-30/h1-27H. The first kappa shape index (κ1) is 25.2. The van der Waals surface area contributed by atoms with Crippen LogP contribution < -0.4 is 0 Å². The fourth-order valence-electron chi connectivity index (χ4n) is 7.53. The predicted molar refractivity (Wildman–Crippen MR) is 193 cm³/mol. The zero-order valence-corrected chi connectivity index (χ0v) is 24.9. The lowest BCUT2D eigenvalue weighted by molar-refractivity contribution is 1.11. The lowest BCUT2D eigenvalue weighted by Crippen LogP contribution is -2.00. The Bertz CT molecular complexity index is 2790. The average Bonchev–Trinajstić information content (AvgIpc) is 3.63. The van der Waals surface area contributed by atoms with Crippen molar-refractivity contribution in [1.82, 2.24) is 14.1 Å². The van der Waals surface area contributed by atoms with Gasteiger partial charge in [0, 0.05) is 49.8 Å². The van der Waals surface area contributed by atoms with E-state index in [1.807, 2.05) is 6.20 Å². The van der Waals surface area contributed by atoms with Gasteiger partial charge in [0.15, 0.2) is 0 Å². The molecule has 0 saturated heterocycles. The highest BCUT2D eigenvalue weighted by Crippen LogP contribution is 2.42. The Balaban J connectivity index is 1.35. The fraction of sp³-hybridized carbons (Fsp3) is 0. The van der Waals surface area contributed by atoms with E-state index in [1.165, 1.54) is 59.8 Å². The molecule has 0 unspecified atom stereocenters. The highest BCUT2D eigenvalue weighted by Gasteiger charge is 2.20. The Morgan fingerprint density at radius 1 is 0.391 bits per heavy atom. The fourth-order valence-corrected chi connectivity index (χ4v) is 7.53. The predicted octanol–water partition coefficient (Wildman–Crippen LogP) is 11.2. The zero-order valence-electron chi connectivity index (χ0n) is 24.9. The van der Waals surface area contributed by atoms with Crippen LogP contribution in [0.4, 0.5) is 0 Å². The molecule has 3 nitrogen and oxygen atoms in total. The Labute approximate surface area is 265 Å². The van der Waals surface area contributed by atoms with Gasteiger partial charge in [-0.05, 0) is 52.7 Å². The molecule has 214 valence electrons. The molecule has 0 N–H and O–H groups in total. The second-order valence-electron chi connectivity index (χ2n) is 12.0. The molecule has 0 spiro atoms. The van der Waals surface area contributed by atoms with Crippen LogP contribution in [0.1, 0.15) is 0 Å². The van der Waals surface area contributed by atoms with Crippen molar-refractivity contribution in [3.05, 3.63) is 164 Å². The van der Waals surface area contributed by atoms with Gasteiger partial charge in [-0.1, -0.05) is 121 Å². The molecule has 0 fully saturated rings. The number of para-hydroxylation sites is 3. The third kappa shape index (κ3) is 3.51. The summed E-state index contributed by atoms with van der Waals surface area (Å²) in [6.45, 7) is 0. The molecule has 46 heavy (non-hydrogen) atoms. The third-order valence-corrected chi connectivity index (χ3v) is 9.53. The van der Waals surface area contributed by atoms with E-state index in [0.29, 0.717) is 0 Å². The van der Waals surface area contributed by atoms with Gasteiger partial charge in [-0.2, -0.15) is 0 Å². The van der Waals surface area contributed by atoms with Gasteiger partial charge < -0.3 is 4.57 Å². The monoisotopic (exact) mass is 585 g/mol. The Morgan fingerprint density at radius 2 is 1.00 bits per heavy atom. The molecule has 0 bridgehead atoms. The molecule has 3 aromatic heterocycles. The topological polar surface area (TPSA) is 22.8 Å². The van der Waals surface area contributed by atoms with Gasteiger partial charge in [0.2, 0.25) is 0 Å². The van der Waals surface area contributed by atoms with Crippen LogP contribution in [0.3, 0.4) is 0 Å². The van der Waals surface area contributed by atoms with E-state index in [1.54, 1.807) is 0 Å². The number of nitrogens with zero attached hydrogens (tertiary/aromatic N) is 3. The quantitative estimate of drug-likeness (QED) is 0.202. The molecule has 0 atom stereocenters. The lowest BCUT2D eigenvalue weighted by atomic mass is 10.0. The van der Waals surface area contributed by atoms with Gasteiger partial charge in [0.1, 0.15) is 5.82 Å². The summed E-state index contributed by atoms with van der Waals surface area (Å²) in [5.41, 5.74) is 8.22. The van der Waals surface area contributed by atoms with Crippen LogP contribution in [0.15, 0.2) is 164 Å². The molecule has 0 amide bonds. The van der Waals surface area contributed by atoms with Crippen LogP contribution in [0, 0.1) is 0 Å². The Hall–Kier alpha value is -6.19. The van der Waals surface area contributed by atoms with Crippen LogP contribution in [0.2, 0.25) is 0 Å². The second-order valence-corrected chi connectivity index (χ2v) is 12.0. The summed E-state index contributed by atoms with van der Waals surface area (Å²) >= 11 is 0. The van der Waals surface area contributed by atoms with E-state index in [4.69, 9.17) is 4.98 Å². The summed E-state index contributed by atoms with van der Waals surface area (Å²) in [6, 6.07) is 56.7. The van der Waals surface area contributed by atoms with Crippen LogP contribution in [0.5, 0.6) is 0 Å². The molecule has 7 aromatic carbocycles. The molecular weight excluding hydrogens is 558 g/mol. The van der Waals surface area contributed by atoms with Crippen molar-refractivity contribution >= 4 is 65.2 Å². The van der Waals surface area contributed by atoms with Crippen LogP contribution >= 0.6 is 0 Å². The van der Waals surface area contributed by atoms with E-state index in [2.05, 4.69) is 167 Å². The van der Waals surface area contributed by atoms with Gasteiger partial charge in [-0.15, -0.1) is 0 Å². The van der Waals surface area contributed by atoms with Gasteiger partial charge in [-0.3, -0.25) is 4.57 Å². The van der Waals surface area contributed by atoms with Crippen molar-refractivity contribution in [2.75, 3.05) is 0 Å².